The summed E-state index contributed by atoms with van der Waals surface area (Å²) in [6.45, 7) is 2.36. The van der Waals surface area contributed by atoms with Crippen LogP contribution in [0.25, 0.3) is 0 Å². The van der Waals surface area contributed by atoms with Gasteiger partial charge in [0.1, 0.15) is 6.04 Å². The second-order valence-electron chi connectivity index (χ2n) is 6.79. The number of para-hydroxylation sites is 1. The van der Waals surface area contributed by atoms with Crippen molar-refractivity contribution in [2.45, 2.75) is 25.8 Å². The number of carboxylic acid groups (broad SMARTS) is 1. The van der Waals surface area contributed by atoms with Crippen LogP contribution in [0.3, 0.4) is 0 Å². The lowest BCUT2D eigenvalue weighted by Crippen LogP contribution is -2.53. The van der Waals surface area contributed by atoms with Gasteiger partial charge < -0.3 is 14.9 Å². The van der Waals surface area contributed by atoms with Crippen molar-refractivity contribution < 1.29 is 19.5 Å². The summed E-state index contributed by atoms with van der Waals surface area (Å²) >= 11 is 0. The molecular formula is C21H22N2O4. The molecule has 0 aliphatic carbocycles. The molecule has 0 radical (unpaired) electrons. The van der Waals surface area contributed by atoms with E-state index < -0.39 is 12.0 Å². The number of rotatable bonds is 4. The largest absolute Gasteiger partial charge is 0.478 e. The SMILES string of the molecule is Cc1cc(C(=O)O)cc(C(=O)N(C)C2CCCN(c3ccccc3)C2=O)c1. The predicted molar refractivity (Wildman–Crippen MR) is 102 cm³/mol. The molecule has 2 aromatic carbocycles. The van der Waals surface area contributed by atoms with Crippen LogP contribution >= 0.6 is 0 Å². The van der Waals surface area contributed by atoms with Crippen LogP contribution in [-0.2, 0) is 4.79 Å². The third-order valence-corrected chi connectivity index (χ3v) is 4.84. The fourth-order valence-electron chi connectivity index (χ4n) is 3.46. The molecular weight excluding hydrogens is 344 g/mol. The highest BCUT2D eigenvalue weighted by Crippen LogP contribution is 2.24. The number of likely N-dealkylation sites (N-methyl/N-ethyl adjacent to an activating group) is 1. The van der Waals surface area contributed by atoms with Crippen LogP contribution in [0.15, 0.2) is 48.5 Å². The fourth-order valence-corrected chi connectivity index (χ4v) is 3.46. The Bertz CT molecular complexity index is 879. The van der Waals surface area contributed by atoms with Gasteiger partial charge in [0, 0.05) is 24.8 Å². The maximum Gasteiger partial charge on any atom is 0.335 e. The van der Waals surface area contributed by atoms with Gasteiger partial charge in [-0.3, -0.25) is 9.59 Å². The van der Waals surface area contributed by atoms with E-state index in [0.717, 1.165) is 12.1 Å². The van der Waals surface area contributed by atoms with Gasteiger partial charge in [0.2, 0.25) is 5.91 Å². The average molecular weight is 366 g/mol. The number of carboxylic acids is 1. The predicted octanol–water partition coefficient (Wildman–Crippen LogP) is 2.96. The zero-order valence-corrected chi connectivity index (χ0v) is 15.4. The Kier molecular flexibility index (Phi) is 5.26. The van der Waals surface area contributed by atoms with Gasteiger partial charge in [-0.2, -0.15) is 0 Å². The quantitative estimate of drug-likeness (QED) is 0.902. The molecule has 0 saturated carbocycles. The number of hydrogen-bond donors (Lipinski definition) is 1. The van der Waals surface area contributed by atoms with Gasteiger partial charge in [-0.15, -0.1) is 0 Å². The highest BCUT2D eigenvalue weighted by Gasteiger charge is 2.35. The zero-order chi connectivity index (χ0) is 19.6. The summed E-state index contributed by atoms with van der Waals surface area (Å²) < 4.78 is 0. The number of amides is 2. The molecule has 1 fully saturated rings. The van der Waals surface area contributed by atoms with Crippen molar-refractivity contribution in [2.24, 2.45) is 0 Å². The maximum absolute atomic E-state index is 13.0. The van der Waals surface area contributed by atoms with Gasteiger partial charge in [0.15, 0.2) is 0 Å². The molecule has 1 unspecified atom stereocenters. The number of carbonyl (C=O) groups excluding carboxylic acids is 2. The Labute approximate surface area is 158 Å². The molecule has 6 heteroatoms. The molecule has 3 rings (SSSR count). The van der Waals surface area contributed by atoms with E-state index in [0.29, 0.717) is 18.5 Å². The van der Waals surface area contributed by atoms with Crippen LogP contribution < -0.4 is 4.90 Å². The lowest BCUT2D eigenvalue weighted by molar-refractivity contribution is -0.124. The summed E-state index contributed by atoms with van der Waals surface area (Å²) in [6.07, 6.45) is 1.37. The molecule has 2 amide bonds. The van der Waals surface area contributed by atoms with Crippen LogP contribution in [0.5, 0.6) is 0 Å². The first-order chi connectivity index (χ1) is 12.9. The maximum atomic E-state index is 13.0. The van der Waals surface area contributed by atoms with Crippen molar-refractivity contribution in [3.05, 3.63) is 65.2 Å². The third kappa shape index (κ3) is 3.84. The first-order valence-electron chi connectivity index (χ1n) is 8.87. The molecule has 1 atom stereocenters. The molecule has 6 nitrogen and oxygen atoms in total. The molecule has 0 spiro atoms. The minimum absolute atomic E-state index is 0.0626. The van der Waals surface area contributed by atoms with Gasteiger partial charge >= 0.3 is 5.97 Å². The number of nitrogens with zero attached hydrogens (tertiary/aromatic N) is 2. The van der Waals surface area contributed by atoms with E-state index in [4.69, 9.17) is 0 Å². The van der Waals surface area contributed by atoms with Crippen molar-refractivity contribution in [1.82, 2.24) is 4.90 Å². The molecule has 2 aromatic rings. The highest BCUT2D eigenvalue weighted by atomic mass is 16.4. The van der Waals surface area contributed by atoms with E-state index in [1.165, 1.54) is 17.0 Å². The van der Waals surface area contributed by atoms with E-state index in [1.807, 2.05) is 30.3 Å². The molecule has 1 aliphatic rings. The molecule has 1 N–H and O–H groups in total. The minimum Gasteiger partial charge on any atom is -0.478 e. The molecule has 27 heavy (non-hydrogen) atoms. The van der Waals surface area contributed by atoms with Gasteiger partial charge in [0.05, 0.1) is 5.56 Å². The van der Waals surface area contributed by atoms with E-state index >= 15 is 0 Å². The summed E-state index contributed by atoms with van der Waals surface area (Å²) in [6, 6.07) is 13.3. The average Bonchev–Trinajstić information content (AvgIpc) is 2.67. The molecule has 1 aliphatic heterocycles. The van der Waals surface area contributed by atoms with Gasteiger partial charge in [-0.25, -0.2) is 4.79 Å². The molecule has 0 bridgehead atoms. The Morgan fingerprint density at radius 3 is 2.44 bits per heavy atom. The summed E-state index contributed by atoms with van der Waals surface area (Å²) in [5.74, 6) is -1.55. The monoisotopic (exact) mass is 366 g/mol. The third-order valence-electron chi connectivity index (χ3n) is 4.84. The van der Waals surface area contributed by atoms with E-state index in [1.54, 1.807) is 24.9 Å². The van der Waals surface area contributed by atoms with E-state index in [2.05, 4.69) is 0 Å². The highest BCUT2D eigenvalue weighted by molar-refractivity contribution is 6.03. The minimum atomic E-state index is -1.08. The second-order valence-corrected chi connectivity index (χ2v) is 6.79. The normalized spacial score (nSPS) is 16.9. The van der Waals surface area contributed by atoms with Crippen molar-refractivity contribution in [3.63, 3.8) is 0 Å². The van der Waals surface area contributed by atoms with Crippen LogP contribution in [-0.4, -0.2) is 47.4 Å². The lowest BCUT2D eigenvalue weighted by atomic mass is 10.0. The number of piperidine rings is 1. The summed E-state index contributed by atoms with van der Waals surface area (Å²) in [5, 5.41) is 9.22. The van der Waals surface area contributed by atoms with Gasteiger partial charge in [-0.1, -0.05) is 18.2 Å². The Hall–Kier alpha value is -3.15. The molecule has 140 valence electrons. The first-order valence-corrected chi connectivity index (χ1v) is 8.87. The number of anilines is 1. The molecule has 0 aromatic heterocycles. The summed E-state index contributed by atoms with van der Waals surface area (Å²) in [7, 11) is 1.60. The van der Waals surface area contributed by atoms with Crippen molar-refractivity contribution in [1.29, 1.82) is 0 Å². The van der Waals surface area contributed by atoms with Crippen molar-refractivity contribution in [3.8, 4) is 0 Å². The van der Waals surface area contributed by atoms with Crippen LogP contribution in [0, 0.1) is 6.92 Å². The number of benzene rings is 2. The Morgan fingerprint density at radius 2 is 1.78 bits per heavy atom. The topological polar surface area (TPSA) is 77.9 Å². The summed E-state index contributed by atoms with van der Waals surface area (Å²) in [4.78, 5) is 40.3. The van der Waals surface area contributed by atoms with Crippen LogP contribution in [0.1, 0.15) is 39.1 Å². The Balaban J connectivity index is 1.84. The number of aryl methyl sites for hydroxylation is 1. The smallest absolute Gasteiger partial charge is 0.335 e. The standard InChI is InChI=1S/C21H22N2O4/c1-14-11-15(13-16(12-14)21(26)27)19(24)22(2)18-9-6-10-23(20(18)25)17-7-4-3-5-8-17/h3-5,7-8,11-13,18H,6,9-10H2,1-2H3,(H,26,27). The Morgan fingerprint density at radius 1 is 1.11 bits per heavy atom. The van der Waals surface area contributed by atoms with Crippen LogP contribution in [0.4, 0.5) is 5.69 Å². The lowest BCUT2D eigenvalue weighted by Gasteiger charge is -2.37. The molecule has 1 saturated heterocycles. The molecule has 1 heterocycles. The number of aromatic carboxylic acids is 1. The zero-order valence-electron chi connectivity index (χ0n) is 15.4. The second kappa shape index (κ2) is 7.61. The first kappa shape index (κ1) is 18.6. The summed E-state index contributed by atoms with van der Waals surface area (Å²) in [5.41, 5.74) is 1.84. The fraction of sp³-hybridized carbons (Fsp3) is 0.286. The van der Waals surface area contributed by atoms with E-state index in [-0.39, 0.29) is 22.9 Å². The van der Waals surface area contributed by atoms with Crippen molar-refractivity contribution in [2.75, 3.05) is 18.5 Å². The van der Waals surface area contributed by atoms with Gasteiger partial charge in [0.25, 0.3) is 5.91 Å². The van der Waals surface area contributed by atoms with Gasteiger partial charge in [-0.05, 0) is 55.7 Å². The van der Waals surface area contributed by atoms with E-state index in [9.17, 15) is 19.5 Å². The number of carbonyl (C=O) groups is 3. The van der Waals surface area contributed by atoms with Crippen LogP contribution in [0.2, 0.25) is 0 Å². The number of hydrogen-bond acceptors (Lipinski definition) is 3. The van der Waals surface area contributed by atoms with Crippen molar-refractivity contribution >= 4 is 23.5 Å².